The molecule has 7 nitrogen and oxygen atoms in total. The monoisotopic (exact) mass is 419 g/mol. The highest BCUT2D eigenvalue weighted by molar-refractivity contribution is 6.17. The number of guanidine groups is 2. The van der Waals surface area contributed by atoms with E-state index < -0.39 is 29.9 Å². The van der Waals surface area contributed by atoms with Crippen molar-refractivity contribution in [3.05, 3.63) is 47.1 Å². The van der Waals surface area contributed by atoms with Crippen LogP contribution in [0.3, 0.4) is 0 Å². The zero-order valence-electron chi connectivity index (χ0n) is 16.6. The highest BCUT2D eigenvalue weighted by Gasteiger charge is 2.42. The number of urea groups is 1. The minimum absolute atomic E-state index is 0.0124. The molecule has 0 fully saturated rings. The van der Waals surface area contributed by atoms with Gasteiger partial charge >= 0.3 is 6.03 Å². The molecular formula is C20H20F3N5O2. The number of methoxy groups -OCH3 is 1. The quantitative estimate of drug-likeness (QED) is 0.814. The Morgan fingerprint density at radius 1 is 1.30 bits per heavy atom. The predicted octanol–water partition coefficient (Wildman–Crippen LogP) is 3.54. The molecule has 0 saturated carbocycles. The van der Waals surface area contributed by atoms with Crippen LogP contribution in [0.2, 0.25) is 0 Å². The van der Waals surface area contributed by atoms with Crippen molar-refractivity contribution in [1.82, 2.24) is 9.80 Å². The predicted molar refractivity (Wildman–Crippen MR) is 107 cm³/mol. The number of hydrogen-bond donors (Lipinski definition) is 1. The van der Waals surface area contributed by atoms with Crippen molar-refractivity contribution >= 4 is 23.6 Å². The van der Waals surface area contributed by atoms with Gasteiger partial charge < -0.3 is 10.1 Å². The van der Waals surface area contributed by atoms with Gasteiger partial charge in [-0.25, -0.2) is 23.0 Å². The van der Waals surface area contributed by atoms with Crippen LogP contribution in [0.15, 0.2) is 45.7 Å². The number of benzene rings is 1. The van der Waals surface area contributed by atoms with Crippen LogP contribution in [0.25, 0.3) is 0 Å². The molecule has 2 aliphatic heterocycles. The number of fused-ring (bicyclic) bond motifs is 1. The number of halogens is 3. The van der Waals surface area contributed by atoms with Crippen molar-refractivity contribution in [2.45, 2.75) is 25.6 Å². The normalized spacial score (nSPS) is 23.5. The van der Waals surface area contributed by atoms with Crippen LogP contribution in [0, 0.1) is 12.7 Å². The van der Waals surface area contributed by atoms with Crippen LogP contribution in [-0.2, 0) is 0 Å². The maximum atomic E-state index is 14.5. The van der Waals surface area contributed by atoms with E-state index in [2.05, 4.69) is 15.3 Å². The maximum absolute atomic E-state index is 14.5. The van der Waals surface area contributed by atoms with Gasteiger partial charge in [0.2, 0.25) is 11.9 Å². The fourth-order valence-corrected chi connectivity index (χ4v) is 3.70. The summed E-state index contributed by atoms with van der Waals surface area (Å²) in [6.07, 6.45) is 0.775. The average molecular weight is 419 g/mol. The van der Waals surface area contributed by atoms with E-state index in [9.17, 15) is 18.0 Å². The number of carbonyl (C=O) groups excluding carboxylic acids is 1. The summed E-state index contributed by atoms with van der Waals surface area (Å²) in [5.74, 6) is -0.696. The number of anilines is 1. The third-order valence-corrected chi connectivity index (χ3v) is 5.29. The van der Waals surface area contributed by atoms with Gasteiger partial charge in [0.1, 0.15) is 12.0 Å². The second kappa shape index (κ2) is 7.51. The first-order chi connectivity index (χ1) is 14.3. The molecule has 158 valence electrons. The highest BCUT2D eigenvalue weighted by atomic mass is 19.1. The molecule has 4 rings (SSSR count). The van der Waals surface area contributed by atoms with Crippen LogP contribution < -0.4 is 10.1 Å². The third-order valence-electron chi connectivity index (χ3n) is 5.29. The Bertz CT molecular complexity index is 1030. The molecule has 0 radical (unpaired) electrons. The number of allylic oxidation sites excluding steroid dienone is 3. The molecule has 0 spiro atoms. The van der Waals surface area contributed by atoms with Crippen molar-refractivity contribution in [2.24, 2.45) is 9.98 Å². The van der Waals surface area contributed by atoms with Crippen LogP contribution in [0.4, 0.5) is 23.7 Å². The lowest BCUT2D eigenvalue weighted by Crippen LogP contribution is -2.55. The van der Waals surface area contributed by atoms with Crippen molar-refractivity contribution in [3.8, 4) is 5.75 Å². The minimum atomic E-state index is -1.44. The van der Waals surface area contributed by atoms with Gasteiger partial charge in [-0.2, -0.15) is 4.99 Å². The molecule has 2 unspecified atom stereocenters. The number of rotatable bonds is 3. The Kier molecular flexibility index (Phi) is 5.00. The molecule has 2 atom stereocenters. The van der Waals surface area contributed by atoms with Crippen molar-refractivity contribution in [1.29, 1.82) is 0 Å². The molecule has 30 heavy (non-hydrogen) atoms. The van der Waals surface area contributed by atoms with Gasteiger partial charge in [0.05, 0.1) is 19.7 Å². The average Bonchev–Trinajstić information content (AvgIpc) is 3.14. The standard InChI is InChI=1S/C20H20F3N5O2/c1-10-14(4-5-16(30-3)17(10)23)25-18-26-20(29)27(2)19-24-9-15(28(18)19)11-6-12(21)8-13(22)7-11/h4-6,8,13,15H,7,9H2,1-3H3,(H,25,26,29). The van der Waals surface area contributed by atoms with Gasteiger partial charge in [-0.15, -0.1) is 0 Å². The number of nitrogens with zero attached hydrogens (tertiary/aromatic N) is 4. The maximum Gasteiger partial charge on any atom is 0.353 e. The van der Waals surface area contributed by atoms with E-state index in [1.165, 1.54) is 31.2 Å². The molecule has 10 heteroatoms. The summed E-state index contributed by atoms with van der Waals surface area (Å²) in [4.78, 5) is 23.6. The molecule has 0 aromatic heterocycles. The lowest BCUT2D eigenvalue weighted by molar-refractivity contribution is 0.230. The lowest BCUT2D eigenvalue weighted by atomic mass is 9.95. The Hall–Kier alpha value is -3.30. The fourth-order valence-electron chi connectivity index (χ4n) is 3.70. The first-order valence-corrected chi connectivity index (χ1v) is 9.32. The van der Waals surface area contributed by atoms with E-state index in [1.807, 2.05) is 0 Å². The first-order valence-electron chi connectivity index (χ1n) is 9.32. The first kappa shape index (κ1) is 20.0. The van der Waals surface area contributed by atoms with Gasteiger partial charge in [0.15, 0.2) is 11.6 Å². The topological polar surface area (TPSA) is 69.5 Å². The Morgan fingerprint density at radius 3 is 2.77 bits per heavy atom. The molecule has 1 aromatic rings. The SMILES string of the molecule is COc1ccc(NC2=NC(=O)N(C)C3=NCC(C4=CC(F)=CC(F)C4)N23)c(C)c1F. The van der Waals surface area contributed by atoms with Gasteiger partial charge in [-0.05, 0) is 36.8 Å². The molecule has 0 bridgehead atoms. The summed E-state index contributed by atoms with van der Waals surface area (Å²) in [7, 11) is 2.88. The van der Waals surface area contributed by atoms with E-state index in [4.69, 9.17) is 4.74 Å². The van der Waals surface area contributed by atoms with Crippen molar-refractivity contribution in [3.63, 3.8) is 0 Å². The fraction of sp³-hybridized carbons (Fsp3) is 0.350. The molecule has 1 N–H and O–H groups in total. The number of hydrogen-bond acceptors (Lipinski definition) is 5. The second-order valence-corrected chi connectivity index (χ2v) is 7.17. The number of amides is 2. The Balaban J connectivity index is 1.71. The summed E-state index contributed by atoms with van der Waals surface area (Å²) in [5.41, 5.74) is 1.14. The van der Waals surface area contributed by atoms with E-state index >= 15 is 0 Å². The summed E-state index contributed by atoms with van der Waals surface area (Å²) in [6, 6.07) is 1.97. The van der Waals surface area contributed by atoms with Gasteiger partial charge in [-0.3, -0.25) is 9.80 Å². The smallest absolute Gasteiger partial charge is 0.353 e. The summed E-state index contributed by atoms with van der Waals surface area (Å²) in [5, 5.41) is 2.98. The Labute approximate surface area is 171 Å². The summed E-state index contributed by atoms with van der Waals surface area (Å²) >= 11 is 0. The summed E-state index contributed by atoms with van der Waals surface area (Å²) < 4.78 is 47.2. The molecule has 3 aliphatic rings. The second-order valence-electron chi connectivity index (χ2n) is 7.17. The molecule has 2 amide bonds. The molecule has 1 aromatic carbocycles. The van der Waals surface area contributed by atoms with Gasteiger partial charge in [0.25, 0.3) is 0 Å². The number of alkyl halides is 1. The molecular weight excluding hydrogens is 399 g/mol. The van der Waals surface area contributed by atoms with Crippen LogP contribution in [0.5, 0.6) is 5.75 Å². The summed E-state index contributed by atoms with van der Waals surface area (Å²) in [6.45, 7) is 1.76. The number of nitrogens with one attached hydrogen (secondary N) is 1. The minimum Gasteiger partial charge on any atom is -0.494 e. The van der Waals surface area contributed by atoms with Crippen LogP contribution >= 0.6 is 0 Å². The van der Waals surface area contributed by atoms with Crippen molar-refractivity contribution in [2.75, 3.05) is 26.0 Å². The number of carbonyl (C=O) groups is 1. The highest BCUT2D eigenvalue weighted by Crippen LogP contribution is 2.32. The largest absolute Gasteiger partial charge is 0.494 e. The van der Waals surface area contributed by atoms with E-state index in [0.29, 0.717) is 17.2 Å². The number of ether oxygens (including phenoxy) is 1. The zero-order chi connectivity index (χ0) is 21.6. The lowest BCUT2D eigenvalue weighted by Gasteiger charge is -2.36. The van der Waals surface area contributed by atoms with Crippen LogP contribution in [-0.4, -0.2) is 60.7 Å². The molecule has 0 saturated heterocycles. The Morgan fingerprint density at radius 2 is 2.07 bits per heavy atom. The van der Waals surface area contributed by atoms with Crippen LogP contribution in [0.1, 0.15) is 12.0 Å². The molecule has 1 aliphatic carbocycles. The van der Waals surface area contributed by atoms with Gasteiger partial charge in [-0.1, -0.05) is 0 Å². The van der Waals surface area contributed by atoms with E-state index in [0.717, 1.165) is 6.08 Å². The number of aliphatic imine (C=N–C) groups is 2. The van der Waals surface area contributed by atoms with E-state index in [-0.39, 0.29) is 30.2 Å². The zero-order valence-corrected chi connectivity index (χ0v) is 16.6. The third kappa shape index (κ3) is 3.31. The van der Waals surface area contributed by atoms with Gasteiger partial charge in [0, 0.05) is 24.7 Å². The van der Waals surface area contributed by atoms with Crippen molar-refractivity contribution < 1.29 is 22.7 Å². The van der Waals surface area contributed by atoms with E-state index in [1.54, 1.807) is 17.9 Å². The molecule has 2 heterocycles.